The number of nitrogens with one attached hydrogen (secondary N) is 3. The van der Waals surface area contributed by atoms with Crippen molar-refractivity contribution in [3.63, 3.8) is 0 Å². The highest BCUT2D eigenvalue weighted by Crippen LogP contribution is 2.17. The lowest BCUT2D eigenvalue weighted by molar-refractivity contribution is -0.125. The first-order valence-corrected chi connectivity index (χ1v) is 11.2. The zero-order valence-corrected chi connectivity index (χ0v) is 18.4. The maximum Gasteiger partial charge on any atom is 0.338 e. The topological polar surface area (TPSA) is 131 Å². The first-order valence-electron chi connectivity index (χ1n) is 9.75. The number of hydrogen-bond acceptors (Lipinski definition) is 6. The van der Waals surface area contributed by atoms with Gasteiger partial charge in [-0.25, -0.2) is 13.2 Å². The number of ether oxygens (including phenoxy) is 1. The second-order valence-corrected chi connectivity index (χ2v) is 8.62. The minimum Gasteiger partial charge on any atom is -0.452 e. The van der Waals surface area contributed by atoms with Crippen LogP contribution in [0.2, 0.25) is 0 Å². The average molecular weight is 468 g/mol. The second kappa shape index (κ2) is 10.4. The van der Waals surface area contributed by atoms with E-state index in [0.29, 0.717) is 11.3 Å². The Balaban J connectivity index is 1.50. The van der Waals surface area contributed by atoms with Crippen molar-refractivity contribution < 1.29 is 27.5 Å². The van der Waals surface area contributed by atoms with Crippen LogP contribution >= 0.6 is 0 Å². The molecule has 3 aromatic carbocycles. The third kappa shape index (κ3) is 6.65. The summed E-state index contributed by atoms with van der Waals surface area (Å²) in [6.45, 7) is 1.25. The fourth-order valence-corrected chi connectivity index (χ4v) is 3.70. The van der Waals surface area contributed by atoms with Gasteiger partial charge in [0.15, 0.2) is 6.61 Å². The molecular formula is C23H21N3O6S. The largest absolute Gasteiger partial charge is 0.452 e. The van der Waals surface area contributed by atoms with Crippen LogP contribution in [0.1, 0.15) is 26.3 Å². The third-order valence-electron chi connectivity index (χ3n) is 4.39. The van der Waals surface area contributed by atoms with Crippen LogP contribution < -0.4 is 15.6 Å². The van der Waals surface area contributed by atoms with E-state index in [2.05, 4.69) is 15.6 Å². The van der Waals surface area contributed by atoms with Gasteiger partial charge >= 0.3 is 5.97 Å². The van der Waals surface area contributed by atoms with Gasteiger partial charge in [-0.15, -0.1) is 0 Å². The molecule has 0 radical (unpaired) electrons. The molecule has 10 heteroatoms. The summed E-state index contributed by atoms with van der Waals surface area (Å²) in [5, 5.41) is 0. The van der Waals surface area contributed by atoms with Crippen LogP contribution in [0.15, 0.2) is 83.8 Å². The van der Waals surface area contributed by atoms with E-state index in [9.17, 15) is 22.8 Å². The van der Waals surface area contributed by atoms with Crippen LogP contribution in [0.3, 0.4) is 0 Å². The number of hydrogen-bond donors (Lipinski definition) is 3. The fraction of sp³-hybridized carbons (Fsp3) is 0.0870. The van der Waals surface area contributed by atoms with Gasteiger partial charge in [-0.05, 0) is 55.5 Å². The van der Waals surface area contributed by atoms with E-state index >= 15 is 0 Å². The molecule has 0 aromatic heterocycles. The summed E-state index contributed by atoms with van der Waals surface area (Å²) in [7, 11) is -3.84. The molecule has 170 valence electrons. The predicted octanol–water partition coefficient (Wildman–Crippen LogP) is 2.41. The Kier molecular flexibility index (Phi) is 7.42. The zero-order valence-electron chi connectivity index (χ0n) is 17.6. The lowest BCUT2D eigenvalue weighted by atomic mass is 10.2. The molecule has 33 heavy (non-hydrogen) atoms. The molecule has 0 aliphatic rings. The normalized spacial score (nSPS) is 10.7. The lowest BCUT2D eigenvalue weighted by Crippen LogP contribution is -2.43. The summed E-state index contributed by atoms with van der Waals surface area (Å²) in [6, 6.07) is 20.2. The zero-order chi connectivity index (χ0) is 23.8. The summed E-state index contributed by atoms with van der Waals surface area (Å²) in [5.41, 5.74) is 6.16. The van der Waals surface area contributed by atoms with E-state index in [-0.39, 0.29) is 10.5 Å². The Morgan fingerprint density at radius 2 is 1.42 bits per heavy atom. The van der Waals surface area contributed by atoms with Gasteiger partial charge in [0, 0.05) is 11.3 Å². The van der Waals surface area contributed by atoms with Crippen molar-refractivity contribution in [2.24, 2.45) is 0 Å². The highest BCUT2D eigenvalue weighted by atomic mass is 32.2. The molecule has 9 nitrogen and oxygen atoms in total. The number of benzene rings is 3. The molecular weight excluding hydrogens is 446 g/mol. The number of esters is 1. The molecule has 0 saturated carbocycles. The Labute approximate surface area is 190 Å². The molecule has 0 aliphatic heterocycles. The van der Waals surface area contributed by atoms with Gasteiger partial charge in [0.1, 0.15) is 0 Å². The molecule has 0 aliphatic carbocycles. The second-order valence-electron chi connectivity index (χ2n) is 6.94. The van der Waals surface area contributed by atoms with Crippen molar-refractivity contribution in [2.45, 2.75) is 11.8 Å². The van der Waals surface area contributed by atoms with E-state index in [4.69, 9.17) is 4.74 Å². The maximum absolute atomic E-state index is 12.5. The Hall–Kier alpha value is -4.18. The van der Waals surface area contributed by atoms with Gasteiger partial charge in [-0.2, -0.15) is 0 Å². The first-order chi connectivity index (χ1) is 15.7. The summed E-state index contributed by atoms with van der Waals surface area (Å²) >= 11 is 0. The number of carbonyl (C=O) groups excluding carboxylic acids is 3. The van der Waals surface area contributed by atoms with Crippen LogP contribution in [0.4, 0.5) is 5.69 Å². The molecule has 0 atom stereocenters. The maximum atomic E-state index is 12.5. The molecule has 0 saturated heterocycles. The third-order valence-corrected chi connectivity index (χ3v) is 5.79. The van der Waals surface area contributed by atoms with Gasteiger partial charge in [-0.3, -0.25) is 25.2 Å². The number of carbonyl (C=O) groups is 3. The molecule has 3 aromatic rings. The number of anilines is 1. The van der Waals surface area contributed by atoms with Gasteiger partial charge in [0.2, 0.25) is 0 Å². The van der Waals surface area contributed by atoms with Gasteiger partial charge < -0.3 is 4.74 Å². The van der Waals surface area contributed by atoms with Crippen LogP contribution in [0, 0.1) is 6.92 Å². The summed E-state index contributed by atoms with van der Waals surface area (Å²) < 4.78 is 32.3. The van der Waals surface area contributed by atoms with Crippen LogP contribution in [0.25, 0.3) is 0 Å². The summed E-state index contributed by atoms with van der Waals surface area (Å²) in [4.78, 5) is 35.8. The van der Waals surface area contributed by atoms with Crippen molar-refractivity contribution in [3.8, 4) is 0 Å². The summed E-state index contributed by atoms with van der Waals surface area (Å²) in [5.74, 6) is -2.09. The quantitative estimate of drug-likeness (QED) is 0.361. The summed E-state index contributed by atoms with van der Waals surface area (Å²) in [6.07, 6.45) is 0. The lowest BCUT2D eigenvalue weighted by Gasteiger charge is -2.10. The Morgan fingerprint density at radius 1 is 0.788 bits per heavy atom. The Bertz CT molecular complexity index is 1240. The van der Waals surface area contributed by atoms with Crippen LogP contribution in [0.5, 0.6) is 0 Å². The molecule has 3 rings (SSSR count). The molecule has 3 N–H and O–H groups in total. The highest BCUT2D eigenvalue weighted by Gasteiger charge is 2.16. The average Bonchev–Trinajstić information content (AvgIpc) is 2.83. The van der Waals surface area contributed by atoms with Crippen molar-refractivity contribution in [1.82, 2.24) is 10.9 Å². The van der Waals surface area contributed by atoms with Crippen LogP contribution in [-0.4, -0.2) is 32.8 Å². The number of aryl methyl sites for hydroxylation is 1. The number of sulfonamides is 1. The van der Waals surface area contributed by atoms with E-state index in [1.54, 1.807) is 54.6 Å². The van der Waals surface area contributed by atoms with Gasteiger partial charge in [0.05, 0.1) is 10.5 Å². The van der Waals surface area contributed by atoms with E-state index in [1.165, 1.54) is 24.3 Å². The van der Waals surface area contributed by atoms with Crippen molar-refractivity contribution >= 4 is 33.5 Å². The van der Waals surface area contributed by atoms with Gasteiger partial charge in [-0.1, -0.05) is 35.9 Å². The van der Waals surface area contributed by atoms with E-state index in [0.717, 1.165) is 5.56 Å². The van der Waals surface area contributed by atoms with Gasteiger partial charge in [0.25, 0.3) is 21.8 Å². The molecule has 0 bridgehead atoms. The number of amides is 2. The van der Waals surface area contributed by atoms with E-state index < -0.39 is 34.4 Å². The number of rotatable bonds is 7. The predicted molar refractivity (Wildman–Crippen MR) is 121 cm³/mol. The van der Waals surface area contributed by atoms with Crippen molar-refractivity contribution in [1.29, 1.82) is 0 Å². The minimum atomic E-state index is -3.84. The minimum absolute atomic E-state index is 0.0407. The van der Waals surface area contributed by atoms with Crippen molar-refractivity contribution in [2.75, 3.05) is 11.3 Å². The molecule has 2 amide bonds. The SMILES string of the molecule is Cc1ccc(NS(=O)(=O)c2ccc(C(=O)OCC(=O)NNC(=O)c3ccccc3)cc2)cc1. The fourth-order valence-electron chi connectivity index (χ4n) is 2.64. The number of hydrazine groups is 1. The smallest absolute Gasteiger partial charge is 0.338 e. The van der Waals surface area contributed by atoms with Crippen molar-refractivity contribution in [3.05, 3.63) is 95.6 Å². The monoisotopic (exact) mass is 467 g/mol. The highest BCUT2D eigenvalue weighted by molar-refractivity contribution is 7.92. The molecule has 0 spiro atoms. The molecule has 0 fully saturated rings. The Morgan fingerprint density at radius 3 is 2.06 bits per heavy atom. The first kappa shape index (κ1) is 23.5. The van der Waals surface area contributed by atoms with Crippen LogP contribution in [-0.2, 0) is 19.6 Å². The molecule has 0 unspecified atom stereocenters. The standard InChI is InChI=1S/C23H21N3O6S/c1-16-7-11-19(12-8-16)26-33(30,31)20-13-9-18(10-14-20)23(29)32-15-21(27)24-25-22(28)17-5-3-2-4-6-17/h2-14,26H,15H2,1H3,(H,24,27)(H,25,28). The van der Waals surface area contributed by atoms with E-state index in [1.807, 2.05) is 6.92 Å². The molecule has 0 heterocycles.